The molecule has 0 unspecified atom stereocenters. The maximum atomic E-state index is 13.3. The summed E-state index contributed by atoms with van der Waals surface area (Å²) >= 11 is 0. The average molecular weight is 224 g/mol. The number of esters is 1. The first-order valence-electron chi connectivity index (χ1n) is 4.12. The summed E-state index contributed by atoms with van der Waals surface area (Å²) in [6, 6.07) is 1.71. The van der Waals surface area contributed by atoms with Gasteiger partial charge in [0.25, 0.3) is 0 Å². The van der Waals surface area contributed by atoms with Crippen molar-refractivity contribution < 1.29 is 23.1 Å². The first-order chi connectivity index (χ1) is 7.60. The number of halogens is 2. The number of hydrogen-bond donors (Lipinski definition) is 0. The molecule has 0 spiro atoms. The minimum absolute atomic E-state index is 0.0326. The molecule has 5 heteroatoms. The minimum Gasteiger partial charge on any atom is -0.465 e. The number of benzene rings is 1. The summed E-state index contributed by atoms with van der Waals surface area (Å²) in [6.45, 7) is 0. The van der Waals surface area contributed by atoms with Gasteiger partial charge in [0, 0.05) is 5.56 Å². The van der Waals surface area contributed by atoms with Crippen LogP contribution in [0.5, 0.6) is 0 Å². The molecule has 0 aliphatic heterocycles. The third kappa shape index (κ3) is 2.42. The molecular formula is C11H6F2O3. The number of carbonyl (C=O) groups is 2. The van der Waals surface area contributed by atoms with Crippen LogP contribution in [0.4, 0.5) is 8.78 Å². The smallest absolute Gasteiger partial charge is 0.343 e. The van der Waals surface area contributed by atoms with Gasteiger partial charge in [0.05, 0.1) is 7.11 Å². The summed E-state index contributed by atoms with van der Waals surface area (Å²) < 4.78 is 30.8. The predicted octanol–water partition coefficient (Wildman–Crippen LogP) is 1.30. The van der Waals surface area contributed by atoms with Crippen molar-refractivity contribution in [2.24, 2.45) is 0 Å². The van der Waals surface area contributed by atoms with Gasteiger partial charge in [-0.25, -0.2) is 13.6 Å². The van der Waals surface area contributed by atoms with Crippen LogP contribution in [0.2, 0.25) is 0 Å². The third-order valence-electron chi connectivity index (χ3n) is 1.71. The van der Waals surface area contributed by atoms with Gasteiger partial charge < -0.3 is 4.74 Å². The standard InChI is InChI=1S/C11H6F2O3/c1-16-11(15)10-8(12)5-7(3-2-4-14)6-9(10)13/h4-6H,1H3. The molecule has 0 saturated carbocycles. The molecule has 0 bridgehead atoms. The third-order valence-corrected chi connectivity index (χ3v) is 1.71. The first-order valence-corrected chi connectivity index (χ1v) is 4.12. The van der Waals surface area contributed by atoms with E-state index in [-0.39, 0.29) is 5.56 Å². The monoisotopic (exact) mass is 224 g/mol. The van der Waals surface area contributed by atoms with E-state index in [9.17, 15) is 18.4 Å². The number of ether oxygens (including phenoxy) is 1. The molecule has 0 saturated heterocycles. The van der Waals surface area contributed by atoms with Crippen LogP contribution in [0, 0.1) is 23.5 Å². The summed E-state index contributed by atoms with van der Waals surface area (Å²) in [5.74, 6) is 0.942. The molecule has 16 heavy (non-hydrogen) atoms. The molecule has 0 heterocycles. The van der Waals surface area contributed by atoms with E-state index in [0.717, 1.165) is 19.2 Å². The van der Waals surface area contributed by atoms with Gasteiger partial charge >= 0.3 is 5.97 Å². The molecular weight excluding hydrogens is 218 g/mol. The van der Waals surface area contributed by atoms with Crippen LogP contribution >= 0.6 is 0 Å². The second-order valence-corrected chi connectivity index (χ2v) is 2.69. The highest BCUT2D eigenvalue weighted by atomic mass is 19.1. The lowest BCUT2D eigenvalue weighted by molar-refractivity contribution is -0.103. The van der Waals surface area contributed by atoms with Crippen molar-refractivity contribution in [1.82, 2.24) is 0 Å². The van der Waals surface area contributed by atoms with Crippen LogP contribution in [0.25, 0.3) is 0 Å². The maximum Gasteiger partial charge on any atom is 0.343 e. The van der Waals surface area contributed by atoms with Gasteiger partial charge in [0.1, 0.15) is 17.2 Å². The van der Waals surface area contributed by atoms with E-state index >= 15 is 0 Å². The van der Waals surface area contributed by atoms with Crippen molar-refractivity contribution in [2.75, 3.05) is 7.11 Å². The summed E-state index contributed by atoms with van der Waals surface area (Å²) in [7, 11) is 1.02. The van der Waals surface area contributed by atoms with Crippen molar-refractivity contribution in [3.05, 3.63) is 34.9 Å². The van der Waals surface area contributed by atoms with E-state index in [1.807, 2.05) is 5.92 Å². The fourth-order valence-corrected chi connectivity index (χ4v) is 1.06. The lowest BCUT2D eigenvalue weighted by Crippen LogP contribution is -2.08. The predicted molar refractivity (Wildman–Crippen MR) is 50.6 cm³/mol. The Hall–Kier alpha value is -2.22. The molecule has 1 aromatic carbocycles. The Balaban J connectivity index is 3.27. The Bertz CT molecular complexity index is 475. The lowest BCUT2D eigenvalue weighted by atomic mass is 10.1. The van der Waals surface area contributed by atoms with Crippen LogP contribution in [-0.4, -0.2) is 19.4 Å². The zero-order chi connectivity index (χ0) is 12.1. The van der Waals surface area contributed by atoms with Gasteiger partial charge in [0.2, 0.25) is 0 Å². The molecule has 0 radical (unpaired) electrons. The Morgan fingerprint density at radius 1 is 1.38 bits per heavy atom. The molecule has 0 fully saturated rings. The van der Waals surface area contributed by atoms with Crippen molar-refractivity contribution in [1.29, 1.82) is 0 Å². The number of aldehydes is 1. The number of rotatable bonds is 1. The van der Waals surface area contributed by atoms with E-state index in [2.05, 4.69) is 10.7 Å². The molecule has 0 aromatic heterocycles. The Labute approximate surface area is 90.0 Å². The van der Waals surface area contributed by atoms with Crippen LogP contribution in [0.3, 0.4) is 0 Å². The van der Waals surface area contributed by atoms with Crippen molar-refractivity contribution >= 4 is 12.3 Å². The normalized spacial score (nSPS) is 8.94. The number of carbonyl (C=O) groups excluding carboxylic acids is 2. The second-order valence-electron chi connectivity index (χ2n) is 2.69. The first kappa shape index (κ1) is 11.9. The highest BCUT2D eigenvalue weighted by molar-refractivity contribution is 5.90. The van der Waals surface area contributed by atoms with E-state index in [1.165, 1.54) is 0 Å². The van der Waals surface area contributed by atoms with Gasteiger partial charge in [-0.15, -0.1) is 0 Å². The Morgan fingerprint density at radius 2 is 1.94 bits per heavy atom. The van der Waals surface area contributed by atoms with E-state index in [0.29, 0.717) is 6.29 Å². The molecule has 0 aliphatic rings. The molecule has 0 atom stereocenters. The number of methoxy groups -OCH3 is 1. The van der Waals surface area contributed by atoms with Gasteiger partial charge in [-0.1, -0.05) is 5.92 Å². The molecule has 0 aliphatic carbocycles. The second kappa shape index (κ2) is 5.03. The fraction of sp³-hybridized carbons (Fsp3) is 0.0909. The largest absolute Gasteiger partial charge is 0.465 e. The Morgan fingerprint density at radius 3 is 2.38 bits per heavy atom. The van der Waals surface area contributed by atoms with Crippen LogP contribution in [0.1, 0.15) is 15.9 Å². The SMILES string of the molecule is COC(=O)c1c(F)cc(C#CC=O)cc1F. The topological polar surface area (TPSA) is 43.4 Å². The molecule has 3 nitrogen and oxygen atoms in total. The highest BCUT2D eigenvalue weighted by Crippen LogP contribution is 2.15. The quantitative estimate of drug-likeness (QED) is 0.410. The highest BCUT2D eigenvalue weighted by Gasteiger charge is 2.18. The van der Waals surface area contributed by atoms with Gasteiger partial charge in [-0.05, 0) is 18.1 Å². The van der Waals surface area contributed by atoms with Gasteiger partial charge in [0.15, 0.2) is 6.29 Å². The molecule has 0 N–H and O–H groups in total. The Kier molecular flexibility index (Phi) is 3.72. The summed E-state index contributed by atoms with van der Waals surface area (Å²) in [6.07, 6.45) is 0.296. The van der Waals surface area contributed by atoms with Crippen molar-refractivity contribution in [3.8, 4) is 11.8 Å². The van der Waals surface area contributed by atoms with Crippen molar-refractivity contribution in [2.45, 2.75) is 0 Å². The molecule has 82 valence electrons. The van der Waals surface area contributed by atoms with Crippen molar-refractivity contribution in [3.63, 3.8) is 0 Å². The van der Waals surface area contributed by atoms with Gasteiger partial charge in [-0.2, -0.15) is 0 Å². The minimum atomic E-state index is -1.11. The summed E-state index contributed by atoms with van der Waals surface area (Å²) in [4.78, 5) is 20.9. The zero-order valence-electron chi connectivity index (χ0n) is 8.21. The van der Waals surface area contributed by atoms with E-state index in [4.69, 9.17) is 0 Å². The number of hydrogen-bond acceptors (Lipinski definition) is 3. The maximum absolute atomic E-state index is 13.3. The summed E-state index contributed by atoms with van der Waals surface area (Å²) in [5.41, 5.74) is -0.811. The zero-order valence-corrected chi connectivity index (χ0v) is 8.21. The molecule has 1 aromatic rings. The summed E-state index contributed by atoms with van der Waals surface area (Å²) in [5, 5.41) is 0. The van der Waals surface area contributed by atoms with Crippen LogP contribution in [-0.2, 0) is 9.53 Å². The van der Waals surface area contributed by atoms with Gasteiger partial charge in [-0.3, -0.25) is 4.79 Å². The van der Waals surface area contributed by atoms with E-state index < -0.39 is 23.2 Å². The van der Waals surface area contributed by atoms with Crippen LogP contribution < -0.4 is 0 Å². The fourth-order valence-electron chi connectivity index (χ4n) is 1.06. The van der Waals surface area contributed by atoms with E-state index in [1.54, 1.807) is 0 Å². The lowest BCUT2D eigenvalue weighted by Gasteiger charge is -2.03. The average Bonchev–Trinajstić information content (AvgIpc) is 2.25. The molecule has 0 amide bonds. The van der Waals surface area contributed by atoms with Crippen LogP contribution in [0.15, 0.2) is 12.1 Å². The molecule has 1 rings (SSSR count).